The van der Waals surface area contributed by atoms with Crippen molar-refractivity contribution in [1.29, 1.82) is 0 Å². The fourth-order valence-electron chi connectivity index (χ4n) is 2.36. The van der Waals surface area contributed by atoms with Gasteiger partial charge in [0.1, 0.15) is 0 Å². The third kappa shape index (κ3) is 2.06. The minimum atomic E-state index is -0.509. The van der Waals surface area contributed by atoms with E-state index in [-0.39, 0.29) is 23.3 Å². The van der Waals surface area contributed by atoms with Crippen LogP contribution in [0.15, 0.2) is 16.8 Å². The predicted octanol–water partition coefficient (Wildman–Crippen LogP) is 0.530. The van der Waals surface area contributed by atoms with Crippen molar-refractivity contribution in [2.75, 3.05) is 25.5 Å². The van der Waals surface area contributed by atoms with Crippen LogP contribution < -0.4 is 10.6 Å². The molecule has 1 saturated heterocycles. The lowest BCUT2D eigenvalue weighted by molar-refractivity contribution is -0.383. The monoisotopic (exact) mass is 279 g/mol. The summed E-state index contributed by atoms with van der Waals surface area (Å²) in [7, 11) is 1.65. The van der Waals surface area contributed by atoms with E-state index in [0.717, 1.165) is 13.1 Å². The predicted molar refractivity (Wildman–Crippen MR) is 69.5 cm³/mol. The van der Waals surface area contributed by atoms with E-state index in [0.29, 0.717) is 11.2 Å². The van der Waals surface area contributed by atoms with Crippen molar-refractivity contribution in [3.8, 4) is 0 Å². The van der Waals surface area contributed by atoms with Gasteiger partial charge in [-0.05, 0) is 16.4 Å². The molecule has 0 spiro atoms. The number of ether oxygens (including phenoxy) is 1. The Morgan fingerprint density at radius 3 is 3.00 bits per heavy atom. The first kappa shape index (κ1) is 12.8. The molecule has 3 rings (SSSR count). The quantitative estimate of drug-likeness (QED) is 0.615. The second-order valence-electron chi connectivity index (χ2n) is 4.53. The molecule has 1 aromatic carbocycles. The molecule has 1 unspecified atom stereocenters. The number of rotatable bonds is 4. The number of benzene rings is 1. The van der Waals surface area contributed by atoms with Gasteiger partial charge in [-0.2, -0.15) is 0 Å². The molecule has 0 aliphatic carbocycles. The summed E-state index contributed by atoms with van der Waals surface area (Å²) in [5.41, 5.74) is 1.00. The molecule has 9 nitrogen and oxygen atoms in total. The summed E-state index contributed by atoms with van der Waals surface area (Å²) in [6.45, 7) is 1.49. The summed E-state index contributed by atoms with van der Waals surface area (Å²) >= 11 is 0. The zero-order chi connectivity index (χ0) is 14.1. The maximum absolute atomic E-state index is 10.9. The Balaban J connectivity index is 1.95. The van der Waals surface area contributed by atoms with Gasteiger partial charge in [0.15, 0.2) is 5.52 Å². The molecule has 9 heteroatoms. The second-order valence-corrected chi connectivity index (χ2v) is 4.53. The van der Waals surface area contributed by atoms with Crippen molar-refractivity contribution in [2.45, 2.75) is 12.1 Å². The highest BCUT2D eigenvalue weighted by atomic mass is 16.6. The highest BCUT2D eigenvalue weighted by Gasteiger charge is 2.28. The molecular weight excluding hydrogens is 266 g/mol. The lowest BCUT2D eigenvalue weighted by Gasteiger charge is -2.19. The van der Waals surface area contributed by atoms with Gasteiger partial charge in [-0.15, -0.1) is 0 Å². The Hall–Kier alpha value is -2.26. The van der Waals surface area contributed by atoms with Crippen LogP contribution in [0, 0.1) is 10.1 Å². The highest BCUT2D eigenvalue weighted by Crippen LogP contribution is 2.29. The van der Waals surface area contributed by atoms with Gasteiger partial charge in [-0.3, -0.25) is 10.1 Å². The van der Waals surface area contributed by atoms with Crippen molar-refractivity contribution < 1.29 is 14.3 Å². The van der Waals surface area contributed by atoms with E-state index >= 15 is 0 Å². The topological polar surface area (TPSA) is 115 Å². The number of anilines is 1. The van der Waals surface area contributed by atoms with Crippen LogP contribution in [0.25, 0.3) is 11.0 Å². The van der Waals surface area contributed by atoms with E-state index in [2.05, 4.69) is 25.6 Å². The van der Waals surface area contributed by atoms with Gasteiger partial charge in [-0.1, -0.05) is 0 Å². The molecule has 0 radical (unpaired) electrons. The smallest absolute Gasteiger partial charge is 0.300 e. The van der Waals surface area contributed by atoms with Crippen molar-refractivity contribution in [3.63, 3.8) is 0 Å². The molecule has 1 aliphatic rings. The van der Waals surface area contributed by atoms with Gasteiger partial charge in [0.05, 0.1) is 22.8 Å². The lowest BCUT2D eigenvalue weighted by atomic mass is 10.1. The number of nitrogens with zero attached hydrogens (tertiary/aromatic N) is 3. The van der Waals surface area contributed by atoms with Gasteiger partial charge in [0.25, 0.3) is 0 Å². The molecule has 0 bridgehead atoms. The molecule has 2 aromatic rings. The van der Waals surface area contributed by atoms with Crippen molar-refractivity contribution in [3.05, 3.63) is 22.2 Å². The summed E-state index contributed by atoms with van der Waals surface area (Å²) in [6.07, 6.45) is 0.0279. The zero-order valence-electron chi connectivity index (χ0n) is 10.7. The maximum Gasteiger partial charge on any atom is 0.300 e. The van der Waals surface area contributed by atoms with Gasteiger partial charge in [0.2, 0.25) is 5.52 Å². The number of aromatic nitrogens is 2. The second kappa shape index (κ2) is 5.02. The van der Waals surface area contributed by atoms with Crippen LogP contribution in [-0.2, 0) is 4.74 Å². The third-order valence-electron chi connectivity index (χ3n) is 3.39. The third-order valence-corrected chi connectivity index (χ3v) is 3.39. The summed E-state index contributed by atoms with van der Waals surface area (Å²) in [5.74, 6) is 0. The molecular formula is C11H13N5O4. The number of hydrogen-bond acceptors (Lipinski definition) is 8. The fourth-order valence-corrected chi connectivity index (χ4v) is 2.36. The van der Waals surface area contributed by atoms with E-state index < -0.39 is 4.92 Å². The highest BCUT2D eigenvalue weighted by molar-refractivity contribution is 5.93. The van der Waals surface area contributed by atoms with Crippen LogP contribution in [0.1, 0.15) is 0 Å². The van der Waals surface area contributed by atoms with Crippen LogP contribution in [0.2, 0.25) is 0 Å². The first-order valence-electron chi connectivity index (χ1n) is 6.10. The molecule has 0 amide bonds. The maximum atomic E-state index is 10.9. The number of nitrogens with one attached hydrogen (secondary N) is 2. The molecule has 2 heterocycles. The lowest BCUT2D eigenvalue weighted by Crippen LogP contribution is -2.33. The zero-order valence-corrected chi connectivity index (χ0v) is 10.7. The Labute approximate surface area is 113 Å². The molecule has 0 saturated carbocycles. The van der Waals surface area contributed by atoms with E-state index in [9.17, 15) is 10.1 Å². The molecule has 1 aromatic heterocycles. The molecule has 1 aliphatic heterocycles. The number of methoxy groups -OCH3 is 1. The summed E-state index contributed by atoms with van der Waals surface area (Å²) in [6, 6.07) is 3.05. The van der Waals surface area contributed by atoms with E-state index in [1.807, 2.05) is 0 Å². The van der Waals surface area contributed by atoms with Crippen molar-refractivity contribution >= 4 is 22.4 Å². The molecule has 1 fully saturated rings. The molecule has 20 heavy (non-hydrogen) atoms. The fraction of sp³-hybridized carbons (Fsp3) is 0.455. The van der Waals surface area contributed by atoms with Gasteiger partial charge in [-0.25, -0.2) is 4.63 Å². The van der Waals surface area contributed by atoms with E-state index in [1.54, 1.807) is 13.2 Å². The Morgan fingerprint density at radius 1 is 1.45 bits per heavy atom. The number of nitro benzene ring substituents is 1. The first-order chi connectivity index (χ1) is 9.70. The SMILES string of the molecule is CO[C@H]1CNCC1Nc1ccc([N+](=O)[O-])c2nonc12. The van der Waals surface area contributed by atoms with Crippen molar-refractivity contribution in [2.24, 2.45) is 0 Å². The van der Waals surface area contributed by atoms with E-state index in [4.69, 9.17) is 4.74 Å². The van der Waals surface area contributed by atoms with Crippen LogP contribution in [0.4, 0.5) is 11.4 Å². The van der Waals surface area contributed by atoms with Crippen LogP contribution in [0.5, 0.6) is 0 Å². The summed E-state index contributed by atoms with van der Waals surface area (Å²) in [4.78, 5) is 10.4. The van der Waals surface area contributed by atoms with Crippen LogP contribution >= 0.6 is 0 Å². The average Bonchev–Trinajstić information content (AvgIpc) is 3.06. The number of hydrogen-bond donors (Lipinski definition) is 2. The van der Waals surface area contributed by atoms with Crippen LogP contribution in [-0.4, -0.2) is 47.6 Å². The standard InChI is InChI=1S/C11H13N5O4/c1-19-9-5-12-4-7(9)13-6-2-3-8(16(17)18)11-10(6)14-20-15-11/h2-3,7,9,12-13H,4-5H2,1H3/t7?,9-/m0/s1. The van der Waals surface area contributed by atoms with E-state index in [1.165, 1.54) is 6.07 Å². The van der Waals surface area contributed by atoms with Crippen LogP contribution in [0.3, 0.4) is 0 Å². The van der Waals surface area contributed by atoms with Gasteiger partial charge < -0.3 is 15.4 Å². The minimum Gasteiger partial charge on any atom is -0.378 e. The number of fused-ring (bicyclic) bond motifs is 1. The average molecular weight is 279 g/mol. The minimum absolute atomic E-state index is 0.0279. The summed E-state index contributed by atoms with van der Waals surface area (Å²) < 4.78 is 9.98. The molecule has 2 atom stereocenters. The number of non-ortho nitro benzene ring substituents is 1. The van der Waals surface area contributed by atoms with Gasteiger partial charge >= 0.3 is 5.69 Å². The van der Waals surface area contributed by atoms with Gasteiger partial charge in [0, 0.05) is 26.3 Å². The molecule has 106 valence electrons. The largest absolute Gasteiger partial charge is 0.378 e. The molecule has 2 N–H and O–H groups in total. The summed E-state index contributed by atoms with van der Waals surface area (Å²) in [5, 5.41) is 24.7. The Bertz CT molecular complexity index is 643. The number of nitro groups is 1. The Morgan fingerprint density at radius 2 is 2.25 bits per heavy atom. The normalized spacial score (nSPS) is 22.2. The van der Waals surface area contributed by atoms with Crippen molar-refractivity contribution in [1.82, 2.24) is 15.6 Å². The first-order valence-corrected chi connectivity index (χ1v) is 6.10. The Kier molecular flexibility index (Phi) is 3.20.